The normalized spacial score (nSPS) is 21.1. The molecule has 1 fully saturated rings. The Kier molecular flexibility index (Phi) is 7.34. The Morgan fingerprint density at radius 2 is 1.79 bits per heavy atom. The van der Waals surface area contributed by atoms with E-state index in [2.05, 4.69) is 16.7 Å². The molecule has 0 aliphatic carbocycles. The topological polar surface area (TPSA) is 53.0 Å². The fourth-order valence-corrected chi connectivity index (χ4v) is 2.46. The Bertz CT molecular complexity index is 261. The van der Waals surface area contributed by atoms with Crippen LogP contribution in [0.1, 0.15) is 33.6 Å². The van der Waals surface area contributed by atoms with Gasteiger partial charge in [0, 0.05) is 32.2 Å². The number of hydrogen-bond donors (Lipinski definition) is 1. The maximum Gasteiger partial charge on any atom is 0.323 e. The summed E-state index contributed by atoms with van der Waals surface area (Å²) in [7, 11) is 0. The maximum absolute atomic E-state index is 11.8. The SMILES string of the molecule is CCCOC(=O)C(C)N1CCN(C(CC)CO)CC1. The van der Waals surface area contributed by atoms with Crippen LogP contribution in [0.25, 0.3) is 0 Å². The average molecular weight is 272 g/mol. The lowest BCUT2D eigenvalue weighted by molar-refractivity contribution is -0.150. The molecule has 1 rings (SSSR count). The first kappa shape index (κ1) is 16.4. The standard InChI is InChI=1S/C14H28N2O3/c1-4-10-19-14(18)12(3)15-6-8-16(9-7-15)13(5-2)11-17/h12-13,17H,4-11H2,1-3H3. The van der Waals surface area contributed by atoms with Crippen LogP contribution in [0.15, 0.2) is 0 Å². The molecule has 1 N–H and O–H groups in total. The molecule has 1 aliphatic rings. The Hall–Kier alpha value is -0.650. The minimum Gasteiger partial charge on any atom is -0.465 e. The van der Waals surface area contributed by atoms with Crippen molar-refractivity contribution in [2.75, 3.05) is 39.4 Å². The summed E-state index contributed by atoms with van der Waals surface area (Å²) in [6, 6.07) is 0.0902. The minimum absolute atomic E-state index is 0.121. The molecule has 1 saturated heterocycles. The van der Waals surface area contributed by atoms with E-state index < -0.39 is 0 Å². The summed E-state index contributed by atoms with van der Waals surface area (Å²) >= 11 is 0. The molecule has 2 unspecified atom stereocenters. The van der Waals surface area contributed by atoms with Gasteiger partial charge >= 0.3 is 5.97 Å². The second-order valence-electron chi connectivity index (χ2n) is 5.16. The third kappa shape index (κ3) is 4.75. The van der Waals surface area contributed by atoms with Gasteiger partial charge in [0.1, 0.15) is 6.04 Å². The zero-order valence-corrected chi connectivity index (χ0v) is 12.5. The first-order valence-corrected chi connectivity index (χ1v) is 7.39. The number of hydrogen-bond acceptors (Lipinski definition) is 5. The summed E-state index contributed by atoms with van der Waals surface area (Å²) in [6.45, 7) is 10.3. The molecule has 5 nitrogen and oxygen atoms in total. The number of aliphatic hydroxyl groups is 1. The highest BCUT2D eigenvalue weighted by molar-refractivity contribution is 5.75. The van der Waals surface area contributed by atoms with Crippen LogP contribution < -0.4 is 0 Å². The van der Waals surface area contributed by atoms with Gasteiger partial charge in [-0.05, 0) is 19.8 Å². The molecule has 0 spiro atoms. The van der Waals surface area contributed by atoms with E-state index in [1.54, 1.807) is 0 Å². The largest absolute Gasteiger partial charge is 0.465 e. The molecule has 5 heteroatoms. The van der Waals surface area contributed by atoms with Gasteiger partial charge < -0.3 is 9.84 Å². The van der Waals surface area contributed by atoms with E-state index in [1.807, 2.05) is 13.8 Å². The molecule has 2 atom stereocenters. The van der Waals surface area contributed by atoms with Crippen LogP contribution in [-0.2, 0) is 9.53 Å². The van der Waals surface area contributed by atoms with Crippen LogP contribution in [0.3, 0.4) is 0 Å². The highest BCUT2D eigenvalue weighted by atomic mass is 16.5. The van der Waals surface area contributed by atoms with Crippen LogP contribution >= 0.6 is 0 Å². The summed E-state index contributed by atoms with van der Waals surface area (Å²) in [5.41, 5.74) is 0. The van der Waals surface area contributed by atoms with E-state index in [1.165, 1.54) is 0 Å². The molecule has 0 aromatic carbocycles. The fraction of sp³-hybridized carbons (Fsp3) is 0.929. The molecule has 1 heterocycles. The van der Waals surface area contributed by atoms with Crippen molar-refractivity contribution in [1.82, 2.24) is 9.80 Å². The van der Waals surface area contributed by atoms with Crippen molar-refractivity contribution in [1.29, 1.82) is 0 Å². The Morgan fingerprint density at radius 1 is 1.21 bits per heavy atom. The van der Waals surface area contributed by atoms with Crippen molar-refractivity contribution in [3.05, 3.63) is 0 Å². The van der Waals surface area contributed by atoms with Crippen molar-refractivity contribution in [2.24, 2.45) is 0 Å². The van der Waals surface area contributed by atoms with E-state index >= 15 is 0 Å². The Labute approximate surface area is 116 Å². The zero-order chi connectivity index (χ0) is 14.3. The van der Waals surface area contributed by atoms with Crippen molar-refractivity contribution in [3.63, 3.8) is 0 Å². The molecule has 19 heavy (non-hydrogen) atoms. The summed E-state index contributed by atoms with van der Waals surface area (Å²) in [4.78, 5) is 16.3. The number of carbonyl (C=O) groups is 1. The van der Waals surface area contributed by atoms with E-state index in [4.69, 9.17) is 4.74 Å². The van der Waals surface area contributed by atoms with E-state index in [-0.39, 0.29) is 24.7 Å². The molecular formula is C14H28N2O3. The van der Waals surface area contributed by atoms with Crippen molar-refractivity contribution in [2.45, 2.75) is 45.7 Å². The van der Waals surface area contributed by atoms with Gasteiger partial charge in [-0.15, -0.1) is 0 Å². The predicted octanol–water partition coefficient (Wildman–Crippen LogP) is 0.717. The second-order valence-corrected chi connectivity index (χ2v) is 5.16. The van der Waals surface area contributed by atoms with Crippen molar-refractivity contribution in [3.8, 4) is 0 Å². The minimum atomic E-state index is -0.164. The van der Waals surface area contributed by atoms with Gasteiger partial charge in [-0.25, -0.2) is 0 Å². The molecule has 1 aliphatic heterocycles. The third-order valence-corrected chi connectivity index (χ3v) is 3.88. The number of esters is 1. The summed E-state index contributed by atoms with van der Waals surface area (Å²) in [5.74, 6) is -0.121. The monoisotopic (exact) mass is 272 g/mol. The van der Waals surface area contributed by atoms with Gasteiger partial charge in [-0.3, -0.25) is 14.6 Å². The molecule has 0 aromatic heterocycles. The van der Waals surface area contributed by atoms with Crippen LogP contribution in [0.2, 0.25) is 0 Å². The van der Waals surface area contributed by atoms with Gasteiger partial charge in [0.25, 0.3) is 0 Å². The highest BCUT2D eigenvalue weighted by Gasteiger charge is 2.28. The Morgan fingerprint density at radius 3 is 2.26 bits per heavy atom. The van der Waals surface area contributed by atoms with Crippen LogP contribution in [0, 0.1) is 0 Å². The molecular weight excluding hydrogens is 244 g/mol. The summed E-state index contributed by atoms with van der Waals surface area (Å²) in [6.07, 6.45) is 1.82. The van der Waals surface area contributed by atoms with Crippen LogP contribution in [-0.4, -0.2) is 72.4 Å². The number of nitrogens with zero attached hydrogens (tertiary/aromatic N) is 2. The summed E-state index contributed by atoms with van der Waals surface area (Å²) in [5, 5.41) is 9.31. The van der Waals surface area contributed by atoms with Gasteiger partial charge in [0.2, 0.25) is 0 Å². The Balaban J connectivity index is 2.38. The number of piperazine rings is 1. The first-order valence-electron chi connectivity index (χ1n) is 7.39. The summed E-state index contributed by atoms with van der Waals surface area (Å²) < 4.78 is 5.19. The van der Waals surface area contributed by atoms with Crippen molar-refractivity contribution < 1.29 is 14.6 Å². The third-order valence-electron chi connectivity index (χ3n) is 3.88. The molecule has 112 valence electrons. The number of aliphatic hydroxyl groups excluding tert-OH is 1. The second kappa shape index (κ2) is 8.51. The molecule has 0 amide bonds. The van der Waals surface area contributed by atoms with E-state index in [0.717, 1.165) is 39.0 Å². The lowest BCUT2D eigenvalue weighted by Crippen LogP contribution is -2.55. The highest BCUT2D eigenvalue weighted by Crippen LogP contribution is 2.12. The lowest BCUT2D eigenvalue weighted by atomic mass is 10.1. The van der Waals surface area contributed by atoms with Crippen LogP contribution in [0.4, 0.5) is 0 Å². The van der Waals surface area contributed by atoms with Crippen LogP contribution in [0.5, 0.6) is 0 Å². The molecule has 0 aromatic rings. The lowest BCUT2D eigenvalue weighted by Gasteiger charge is -2.40. The van der Waals surface area contributed by atoms with Gasteiger partial charge in [0.15, 0.2) is 0 Å². The number of carbonyl (C=O) groups excluding carboxylic acids is 1. The predicted molar refractivity (Wildman–Crippen MR) is 75.0 cm³/mol. The van der Waals surface area contributed by atoms with E-state index in [0.29, 0.717) is 6.61 Å². The first-order chi connectivity index (χ1) is 9.13. The molecule has 0 radical (unpaired) electrons. The van der Waals surface area contributed by atoms with Gasteiger partial charge in [-0.1, -0.05) is 13.8 Å². The fourth-order valence-electron chi connectivity index (χ4n) is 2.46. The number of ether oxygens (including phenoxy) is 1. The quantitative estimate of drug-likeness (QED) is 0.692. The number of rotatable bonds is 7. The van der Waals surface area contributed by atoms with Gasteiger partial charge in [0.05, 0.1) is 13.2 Å². The maximum atomic E-state index is 11.8. The van der Waals surface area contributed by atoms with Crippen molar-refractivity contribution >= 4 is 5.97 Å². The average Bonchev–Trinajstić information content (AvgIpc) is 2.46. The molecule has 0 bridgehead atoms. The molecule has 0 saturated carbocycles. The smallest absolute Gasteiger partial charge is 0.323 e. The van der Waals surface area contributed by atoms with Gasteiger partial charge in [-0.2, -0.15) is 0 Å². The zero-order valence-electron chi connectivity index (χ0n) is 12.5. The van der Waals surface area contributed by atoms with E-state index in [9.17, 15) is 9.90 Å².